The summed E-state index contributed by atoms with van der Waals surface area (Å²) in [7, 11) is 0. The summed E-state index contributed by atoms with van der Waals surface area (Å²) in [5, 5.41) is 22.2. The van der Waals surface area contributed by atoms with Gasteiger partial charge in [0.15, 0.2) is 0 Å². The first-order chi connectivity index (χ1) is 14.8. The molecule has 32 heavy (non-hydrogen) atoms. The van der Waals surface area contributed by atoms with E-state index in [4.69, 9.17) is 0 Å². The van der Waals surface area contributed by atoms with Crippen molar-refractivity contribution in [2.75, 3.05) is 0 Å². The van der Waals surface area contributed by atoms with Crippen LogP contribution in [-0.2, 0) is 0 Å². The molecule has 9 unspecified atom stereocenters. The van der Waals surface area contributed by atoms with E-state index in [1.54, 1.807) is 5.57 Å². The van der Waals surface area contributed by atoms with Crippen LogP contribution in [0.5, 0.6) is 0 Å². The molecule has 182 valence electrons. The van der Waals surface area contributed by atoms with Crippen LogP contribution in [0.15, 0.2) is 23.3 Å². The second-order valence-electron chi connectivity index (χ2n) is 13.7. The van der Waals surface area contributed by atoms with Gasteiger partial charge in [-0.05, 0) is 98.7 Å². The van der Waals surface area contributed by atoms with Crippen molar-refractivity contribution in [1.82, 2.24) is 0 Å². The number of aliphatic hydroxyl groups excluding tert-OH is 2. The van der Waals surface area contributed by atoms with Gasteiger partial charge in [0.2, 0.25) is 0 Å². The molecule has 2 nitrogen and oxygen atoms in total. The molecule has 0 bridgehead atoms. The van der Waals surface area contributed by atoms with Gasteiger partial charge in [-0.1, -0.05) is 64.8 Å². The number of fused-ring (bicyclic) bond motifs is 5. The van der Waals surface area contributed by atoms with E-state index in [2.05, 4.69) is 67.5 Å². The van der Waals surface area contributed by atoms with E-state index >= 15 is 0 Å². The Morgan fingerprint density at radius 1 is 1.06 bits per heavy atom. The first-order valence-corrected chi connectivity index (χ1v) is 13.5. The molecule has 0 aromatic carbocycles. The molecular formula is C30H50O2. The van der Waals surface area contributed by atoms with E-state index in [9.17, 15) is 10.2 Å². The average molecular weight is 443 g/mol. The van der Waals surface area contributed by atoms with Gasteiger partial charge in [-0.3, -0.25) is 0 Å². The topological polar surface area (TPSA) is 40.5 Å². The summed E-state index contributed by atoms with van der Waals surface area (Å²) in [6.45, 7) is 19.0. The van der Waals surface area contributed by atoms with Gasteiger partial charge in [-0.25, -0.2) is 0 Å². The molecule has 4 rings (SSSR count). The van der Waals surface area contributed by atoms with Crippen molar-refractivity contribution in [2.45, 2.75) is 119 Å². The van der Waals surface area contributed by atoms with Crippen LogP contribution in [0.25, 0.3) is 0 Å². The fourth-order valence-corrected chi connectivity index (χ4v) is 9.45. The first-order valence-electron chi connectivity index (χ1n) is 13.5. The van der Waals surface area contributed by atoms with Crippen LogP contribution >= 0.6 is 0 Å². The summed E-state index contributed by atoms with van der Waals surface area (Å²) >= 11 is 0. The Labute approximate surface area is 198 Å². The largest absolute Gasteiger partial charge is 0.392 e. The first kappa shape index (κ1) is 24.5. The fraction of sp³-hybridized carbons (Fsp3) is 0.867. The maximum atomic E-state index is 11.4. The predicted octanol–water partition coefficient (Wildman–Crippen LogP) is 7.31. The zero-order valence-electron chi connectivity index (χ0n) is 22.2. The highest BCUT2D eigenvalue weighted by atomic mass is 16.3. The molecule has 2 heteroatoms. The van der Waals surface area contributed by atoms with E-state index in [-0.39, 0.29) is 16.2 Å². The van der Waals surface area contributed by atoms with E-state index < -0.39 is 12.2 Å². The van der Waals surface area contributed by atoms with Crippen LogP contribution in [0, 0.1) is 45.3 Å². The third-order valence-electron chi connectivity index (χ3n) is 11.9. The van der Waals surface area contributed by atoms with Gasteiger partial charge in [-0.15, -0.1) is 0 Å². The number of hydrogen-bond donors (Lipinski definition) is 2. The lowest BCUT2D eigenvalue weighted by molar-refractivity contribution is -0.189. The summed E-state index contributed by atoms with van der Waals surface area (Å²) in [5.41, 5.74) is 3.46. The minimum Gasteiger partial charge on any atom is -0.392 e. The number of hydrogen-bond acceptors (Lipinski definition) is 2. The lowest BCUT2D eigenvalue weighted by Crippen LogP contribution is -2.63. The van der Waals surface area contributed by atoms with Crippen LogP contribution in [0.3, 0.4) is 0 Å². The second kappa shape index (κ2) is 7.98. The van der Waals surface area contributed by atoms with Crippen LogP contribution in [0.1, 0.15) is 107 Å². The van der Waals surface area contributed by atoms with Crippen molar-refractivity contribution in [3.8, 4) is 0 Å². The molecule has 0 aromatic heterocycles. The third-order valence-corrected chi connectivity index (χ3v) is 11.9. The van der Waals surface area contributed by atoms with Gasteiger partial charge in [0, 0.05) is 11.8 Å². The highest BCUT2D eigenvalue weighted by molar-refractivity contribution is 5.34. The molecule has 3 fully saturated rings. The van der Waals surface area contributed by atoms with E-state index in [0.29, 0.717) is 23.7 Å². The smallest absolute Gasteiger partial charge is 0.0627 e. The molecule has 2 N–H and O–H groups in total. The minimum atomic E-state index is -0.410. The summed E-state index contributed by atoms with van der Waals surface area (Å²) in [4.78, 5) is 0. The fourth-order valence-electron chi connectivity index (χ4n) is 9.45. The predicted molar refractivity (Wildman–Crippen MR) is 134 cm³/mol. The van der Waals surface area contributed by atoms with Crippen molar-refractivity contribution in [2.24, 2.45) is 45.3 Å². The maximum absolute atomic E-state index is 11.4. The van der Waals surface area contributed by atoms with Gasteiger partial charge < -0.3 is 10.2 Å². The maximum Gasteiger partial charge on any atom is 0.0627 e. The lowest BCUT2D eigenvalue weighted by atomic mass is 9.40. The van der Waals surface area contributed by atoms with E-state index in [0.717, 1.165) is 18.3 Å². The SMILES string of the molecule is CC(C)=CCCC(C)C1CCC2(C)C3=CCC4C(C)(C)C(O)CC(O)C4(C)C3CCC12C. The van der Waals surface area contributed by atoms with Gasteiger partial charge in [0.05, 0.1) is 12.2 Å². The van der Waals surface area contributed by atoms with Gasteiger partial charge >= 0.3 is 0 Å². The zero-order chi connectivity index (χ0) is 23.7. The zero-order valence-corrected chi connectivity index (χ0v) is 22.2. The normalized spacial score (nSPS) is 48.2. The number of rotatable bonds is 4. The van der Waals surface area contributed by atoms with Crippen LogP contribution < -0.4 is 0 Å². The summed E-state index contributed by atoms with van der Waals surface area (Å²) < 4.78 is 0. The van der Waals surface area contributed by atoms with Crippen molar-refractivity contribution in [3.63, 3.8) is 0 Å². The Morgan fingerprint density at radius 3 is 2.41 bits per heavy atom. The molecule has 0 radical (unpaired) electrons. The Hall–Kier alpha value is -0.600. The Morgan fingerprint density at radius 2 is 1.75 bits per heavy atom. The van der Waals surface area contributed by atoms with Gasteiger partial charge in [-0.2, -0.15) is 0 Å². The molecule has 0 spiro atoms. The Bertz CT molecular complexity index is 789. The summed E-state index contributed by atoms with van der Waals surface area (Å²) in [5.74, 6) is 2.35. The van der Waals surface area contributed by atoms with Crippen molar-refractivity contribution in [1.29, 1.82) is 0 Å². The quantitative estimate of drug-likeness (QED) is 0.448. The highest BCUT2D eigenvalue weighted by Crippen LogP contribution is 2.73. The molecule has 0 heterocycles. The number of allylic oxidation sites excluding steroid dienone is 4. The Kier molecular flexibility index (Phi) is 6.11. The molecule has 4 aliphatic carbocycles. The van der Waals surface area contributed by atoms with Crippen molar-refractivity contribution in [3.05, 3.63) is 23.3 Å². The molecule has 3 saturated carbocycles. The van der Waals surface area contributed by atoms with Crippen LogP contribution in [-0.4, -0.2) is 22.4 Å². The third kappa shape index (κ3) is 3.25. The Balaban J connectivity index is 1.65. The minimum absolute atomic E-state index is 0.121. The van der Waals surface area contributed by atoms with Gasteiger partial charge in [0.25, 0.3) is 0 Å². The summed E-state index contributed by atoms with van der Waals surface area (Å²) in [6, 6.07) is 0. The van der Waals surface area contributed by atoms with E-state index in [1.807, 2.05) is 0 Å². The molecule has 0 amide bonds. The number of aliphatic hydroxyl groups is 2. The highest BCUT2D eigenvalue weighted by Gasteiger charge is 2.67. The van der Waals surface area contributed by atoms with Crippen molar-refractivity contribution < 1.29 is 10.2 Å². The van der Waals surface area contributed by atoms with E-state index in [1.165, 1.54) is 44.1 Å². The van der Waals surface area contributed by atoms with Gasteiger partial charge in [0.1, 0.15) is 0 Å². The molecule has 4 aliphatic rings. The van der Waals surface area contributed by atoms with Crippen LogP contribution in [0.2, 0.25) is 0 Å². The molecule has 0 aliphatic heterocycles. The standard InChI is InChI=1S/C30H50O2/c1-19(2)10-9-11-20(3)21-14-16-29(7)22-12-13-24-27(4,5)25(31)18-26(32)30(24,8)23(22)15-17-28(21,29)6/h10,12,20-21,23-26,31-32H,9,11,13-18H2,1-8H3. The van der Waals surface area contributed by atoms with Crippen molar-refractivity contribution >= 4 is 0 Å². The molecule has 9 atom stereocenters. The second-order valence-corrected chi connectivity index (χ2v) is 13.7. The molecule has 0 aromatic rings. The van der Waals surface area contributed by atoms with Crippen LogP contribution in [0.4, 0.5) is 0 Å². The average Bonchev–Trinajstić information content (AvgIpc) is 2.98. The molecule has 0 saturated heterocycles. The summed E-state index contributed by atoms with van der Waals surface area (Å²) in [6.07, 6.45) is 13.4. The monoisotopic (exact) mass is 442 g/mol. The lowest BCUT2D eigenvalue weighted by Gasteiger charge is -2.65. The molecular weight excluding hydrogens is 392 g/mol.